The molecule has 1 amide bonds. The number of nitrogens with one attached hydrogen (secondary N) is 1. The van der Waals surface area contributed by atoms with Gasteiger partial charge in [0.1, 0.15) is 5.82 Å². The van der Waals surface area contributed by atoms with Gasteiger partial charge in [0.2, 0.25) is 0 Å². The Morgan fingerprint density at radius 3 is 2.56 bits per heavy atom. The molecule has 0 aliphatic carbocycles. The predicted octanol–water partition coefficient (Wildman–Crippen LogP) is 0.426. The average Bonchev–Trinajstić information content (AvgIpc) is 2.68. The Bertz CT molecular complexity index is 673. The molecule has 2 aromatic heterocycles. The van der Waals surface area contributed by atoms with Gasteiger partial charge in [-0.05, 0) is 25.1 Å². The van der Waals surface area contributed by atoms with Crippen LogP contribution < -0.4 is 15.0 Å². The van der Waals surface area contributed by atoms with Gasteiger partial charge in [0, 0.05) is 45.1 Å². The van der Waals surface area contributed by atoms with Gasteiger partial charge in [-0.2, -0.15) is 0 Å². The fraction of sp³-hybridized carbons (Fsp3) is 0.438. The molecule has 0 spiro atoms. The number of nitrogens with zero attached hydrogens (tertiary/aromatic N) is 6. The van der Waals surface area contributed by atoms with E-state index in [4.69, 9.17) is 4.74 Å². The van der Waals surface area contributed by atoms with Crippen LogP contribution in [-0.4, -0.2) is 70.3 Å². The molecule has 1 aliphatic heterocycles. The number of piperazine rings is 1. The van der Waals surface area contributed by atoms with Crippen molar-refractivity contribution in [2.45, 2.75) is 6.92 Å². The van der Waals surface area contributed by atoms with Crippen LogP contribution in [0.15, 0.2) is 30.6 Å². The van der Waals surface area contributed by atoms with Crippen LogP contribution >= 0.6 is 0 Å². The summed E-state index contributed by atoms with van der Waals surface area (Å²) >= 11 is 0. The maximum atomic E-state index is 12.2. The zero-order valence-electron chi connectivity index (χ0n) is 14.1. The van der Waals surface area contributed by atoms with E-state index in [1.807, 2.05) is 19.1 Å². The highest BCUT2D eigenvalue weighted by atomic mass is 16.5. The van der Waals surface area contributed by atoms with Crippen LogP contribution in [0.25, 0.3) is 0 Å². The summed E-state index contributed by atoms with van der Waals surface area (Å²) in [6.07, 6.45) is 3.15. The van der Waals surface area contributed by atoms with Gasteiger partial charge >= 0.3 is 6.01 Å². The second kappa shape index (κ2) is 8.22. The molecule has 0 saturated carbocycles. The van der Waals surface area contributed by atoms with Gasteiger partial charge in [0.05, 0.1) is 0 Å². The Hall–Kier alpha value is -2.97. The van der Waals surface area contributed by atoms with E-state index in [0.29, 0.717) is 26.2 Å². The van der Waals surface area contributed by atoms with Crippen molar-refractivity contribution in [3.05, 3.63) is 30.6 Å². The average molecular weight is 343 g/mol. The normalized spacial score (nSPS) is 14.3. The number of amides is 1. The van der Waals surface area contributed by atoms with Crippen LogP contribution in [0.4, 0.5) is 11.6 Å². The van der Waals surface area contributed by atoms with Gasteiger partial charge in [0.15, 0.2) is 12.4 Å². The summed E-state index contributed by atoms with van der Waals surface area (Å²) in [6.45, 7) is 5.43. The Morgan fingerprint density at radius 2 is 1.92 bits per heavy atom. The third kappa shape index (κ3) is 4.52. The summed E-state index contributed by atoms with van der Waals surface area (Å²) in [5.41, 5.74) is 0. The number of ether oxygens (including phenoxy) is 1. The molecule has 0 aromatic carbocycles. The highest BCUT2D eigenvalue weighted by molar-refractivity contribution is 5.78. The number of anilines is 2. The zero-order chi connectivity index (χ0) is 17.5. The van der Waals surface area contributed by atoms with Gasteiger partial charge in [-0.1, -0.05) is 0 Å². The minimum absolute atomic E-state index is 0.0544. The highest BCUT2D eigenvalue weighted by Gasteiger charge is 2.22. The topological polar surface area (TPSA) is 96.4 Å². The smallest absolute Gasteiger partial charge is 0.316 e. The van der Waals surface area contributed by atoms with E-state index in [1.165, 1.54) is 0 Å². The zero-order valence-corrected chi connectivity index (χ0v) is 14.1. The van der Waals surface area contributed by atoms with E-state index < -0.39 is 0 Å². The molecule has 1 fully saturated rings. The minimum Gasteiger partial charge on any atom is -0.453 e. The lowest BCUT2D eigenvalue weighted by Crippen LogP contribution is -2.50. The lowest BCUT2D eigenvalue weighted by Gasteiger charge is -2.35. The first kappa shape index (κ1) is 16.9. The molecule has 3 heterocycles. The molecule has 1 aliphatic rings. The Balaban J connectivity index is 1.47. The fourth-order valence-corrected chi connectivity index (χ4v) is 2.53. The molecule has 0 radical (unpaired) electrons. The molecule has 3 rings (SSSR count). The molecule has 9 heteroatoms. The number of rotatable bonds is 6. The van der Waals surface area contributed by atoms with E-state index in [-0.39, 0.29) is 18.5 Å². The van der Waals surface area contributed by atoms with E-state index in [0.717, 1.165) is 18.2 Å². The molecular weight excluding hydrogens is 322 g/mol. The van der Waals surface area contributed by atoms with Gasteiger partial charge in [-0.3, -0.25) is 4.79 Å². The van der Waals surface area contributed by atoms with Crippen molar-refractivity contribution in [3.63, 3.8) is 0 Å². The third-order valence-electron chi connectivity index (χ3n) is 3.83. The number of carbonyl (C=O) groups excluding carboxylic acids is 1. The Labute approximate surface area is 146 Å². The van der Waals surface area contributed by atoms with Crippen LogP contribution in [0, 0.1) is 0 Å². The SMILES string of the molecule is CCNc1ccc(N2CCN(C(=O)COc3ncccn3)CC2)nn1. The van der Waals surface area contributed by atoms with Crippen molar-refractivity contribution in [2.75, 3.05) is 49.5 Å². The second-order valence-electron chi connectivity index (χ2n) is 5.49. The molecule has 0 atom stereocenters. The number of hydrogen-bond donors (Lipinski definition) is 1. The van der Waals surface area contributed by atoms with Gasteiger partial charge < -0.3 is 19.9 Å². The summed E-state index contributed by atoms with van der Waals surface area (Å²) in [6, 6.07) is 5.77. The van der Waals surface area contributed by atoms with Crippen LogP contribution in [0.2, 0.25) is 0 Å². The standard InChI is InChI=1S/C16H21N7O2/c1-2-17-13-4-5-14(21-20-13)22-8-10-23(11-9-22)15(24)12-25-16-18-6-3-7-19-16/h3-7H,2,8-12H2,1H3,(H,17,20). The summed E-state index contributed by atoms with van der Waals surface area (Å²) < 4.78 is 5.31. The van der Waals surface area contributed by atoms with Crippen molar-refractivity contribution < 1.29 is 9.53 Å². The van der Waals surface area contributed by atoms with Crippen LogP contribution in [0.5, 0.6) is 6.01 Å². The summed E-state index contributed by atoms with van der Waals surface area (Å²) in [5, 5.41) is 11.5. The van der Waals surface area contributed by atoms with Crippen LogP contribution in [0.1, 0.15) is 6.92 Å². The largest absolute Gasteiger partial charge is 0.453 e. The molecule has 1 saturated heterocycles. The fourth-order valence-electron chi connectivity index (χ4n) is 2.53. The predicted molar refractivity (Wildman–Crippen MR) is 92.5 cm³/mol. The summed E-state index contributed by atoms with van der Waals surface area (Å²) in [4.78, 5) is 24.0. The van der Waals surface area contributed by atoms with Gasteiger partial charge in [-0.15, -0.1) is 10.2 Å². The third-order valence-corrected chi connectivity index (χ3v) is 3.83. The second-order valence-corrected chi connectivity index (χ2v) is 5.49. The Kier molecular flexibility index (Phi) is 5.55. The van der Waals surface area contributed by atoms with E-state index >= 15 is 0 Å². The number of hydrogen-bond acceptors (Lipinski definition) is 8. The van der Waals surface area contributed by atoms with Crippen molar-refractivity contribution in [3.8, 4) is 6.01 Å². The Morgan fingerprint density at radius 1 is 1.16 bits per heavy atom. The molecule has 132 valence electrons. The maximum Gasteiger partial charge on any atom is 0.316 e. The lowest BCUT2D eigenvalue weighted by atomic mass is 10.3. The quantitative estimate of drug-likeness (QED) is 0.806. The van der Waals surface area contributed by atoms with Crippen molar-refractivity contribution in [2.24, 2.45) is 0 Å². The van der Waals surface area contributed by atoms with Crippen molar-refractivity contribution >= 4 is 17.5 Å². The first-order valence-electron chi connectivity index (χ1n) is 8.26. The molecule has 25 heavy (non-hydrogen) atoms. The number of aromatic nitrogens is 4. The van der Waals surface area contributed by atoms with Gasteiger partial charge in [0.25, 0.3) is 5.91 Å². The maximum absolute atomic E-state index is 12.2. The molecule has 2 aromatic rings. The van der Waals surface area contributed by atoms with Crippen LogP contribution in [0.3, 0.4) is 0 Å². The van der Waals surface area contributed by atoms with Crippen molar-refractivity contribution in [1.82, 2.24) is 25.1 Å². The van der Waals surface area contributed by atoms with Crippen LogP contribution in [-0.2, 0) is 4.79 Å². The molecule has 0 unspecified atom stereocenters. The van der Waals surface area contributed by atoms with E-state index in [1.54, 1.807) is 23.4 Å². The molecule has 1 N–H and O–H groups in total. The van der Waals surface area contributed by atoms with Crippen molar-refractivity contribution in [1.29, 1.82) is 0 Å². The first-order chi connectivity index (χ1) is 12.3. The molecule has 0 bridgehead atoms. The molecule has 9 nitrogen and oxygen atoms in total. The molecular formula is C16H21N7O2. The minimum atomic E-state index is -0.0688. The monoisotopic (exact) mass is 343 g/mol. The highest BCUT2D eigenvalue weighted by Crippen LogP contribution is 2.14. The van der Waals surface area contributed by atoms with Gasteiger partial charge in [-0.25, -0.2) is 9.97 Å². The summed E-state index contributed by atoms with van der Waals surface area (Å²) in [7, 11) is 0. The summed E-state index contributed by atoms with van der Waals surface area (Å²) in [5.74, 6) is 1.52. The number of carbonyl (C=O) groups is 1. The lowest BCUT2D eigenvalue weighted by molar-refractivity contribution is -0.133. The first-order valence-corrected chi connectivity index (χ1v) is 8.26. The van der Waals surface area contributed by atoms with E-state index in [2.05, 4.69) is 30.4 Å². The van der Waals surface area contributed by atoms with E-state index in [9.17, 15) is 4.79 Å².